The molecule has 0 aliphatic rings. The number of hydrogen-bond donors (Lipinski definition) is 0. The minimum absolute atomic E-state index is 0.279. The zero-order chi connectivity index (χ0) is 18.1. The Kier molecular flexibility index (Phi) is 5.42. The molecule has 0 aliphatic carbocycles. The quantitative estimate of drug-likeness (QED) is 0.757. The van der Waals surface area contributed by atoms with Crippen LogP contribution in [0, 0.1) is 13.8 Å². The molecule has 0 bridgehead atoms. The summed E-state index contributed by atoms with van der Waals surface area (Å²) in [6, 6.07) is 4.13. The second-order valence-corrected chi connectivity index (χ2v) is 8.81. The van der Waals surface area contributed by atoms with Gasteiger partial charge in [-0.1, -0.05) is 23.5 Å². The van der Waals surface area contributed by atoms with Gasteiger partial charge in [0, 0.05) is 13.6 Å². The highest BCUT2D eigenvalue weighted by molar-refractivity contribution is 7.88. The molecule has 1 heterocycles. The lowest BCUT2D eigenvalue weighted by Crippen LogP contribution is -2.31. The van der Waals surface area contributed by atoms with E-state index in [4.69, 9.17) is 0 Å². The number of benzene rings is 1. The number of aromatic nitrogens is 1. The van der Waals surface area contributed by atoms with E-state index in [2.05, 4.69) is 23.7 Å². The van der Waals surface area contributed by atoms with Crippen LogP contribution in [-0.4, -0.2) is 43.0 Å². The van der Waals surface area contributed by atoms with Gasteiger partial charge in [-0.3, -0.25) is 4.79 Å². The molecule has 1 aromatic carbocycles. The third-order valence-electron chi connectivity index (χ3n) is 3.57. The molecule has 0 saturated carbocycles. The minimum atomic E-state index is -3.41. The fraction of sp³-hybridized carbons (Fsp3) is 0.375. The molecule has 2 aromatic rings. The highest BCUT2D eigenvalue weighted by Crippen LogP contribution is 2.23. The van der Waals surface area contributed by atoms with Crippen LogP contribution < -0.4 is 4.80 Å². The van der Waals surface area contributed by atoms with E-state index < -0.39 is 15.9 Å². The summed E-state index contributed by atoms with van der Waals surface area (Å²) in [6.45, 7) is 8.04. The molecule has 6 nitrogen and oxygen atoms in total. The maximum atomic E-state index is 12.1. The molecular weight excluding hydrogens is 346 g/mol. The summed E-state index contributed by atoms with van der Waals surface area (Å²) >= 11 is 1.42. The zero-order valence-corrected chi connectivity index (χ0v) is 15.9. The summed E-state index contributed by atoms with van der Waals surface area (Å²) < 4.78 is 26.8. The molecule has 24 heavy (non-hydrogen) atoms. The molecule has 130 valence electrons. The molecule has 1 amide bonds. The van der Waals surface area contributed by atoms with E-state index >= 15 is 0 Å². The normalized spacial score (nSPS) is 13.0. The van der Waals surface area contributed by atoms with Gasteiger partial charge < -0.3 is 4.57 Å². The van der Waals surface area contributed by atoms with Crippen LogP contribution in [0.2, 0.25) is 0 Å². The second kappa shape index (κ2) is 7.00. The molecule has 0 atom stereocenters. The van der Waals surface area contributed by atoms with Gasteiger partial charge in [-0.05, 0) is 31.0 Å². The minimum Gasteiger partial charge on any atom is -0.312 e. The number of carbonyl (C=O) groups excluding carboxylic acids is 1. The number of amides is 1. The van der Waals surface area contributed by atoms with Crippen LogP contribution in [0.15, 0.2) is 29.8 Å². The molecule has 0 aliphatic heterocycles. The number of hydrogen-bond acceptors (Lipinski definition) is 4. The molecule has 0 N–H and O–H groups in total. The second-order valence-electron chi connectivity index (χ2n) is 5.74. The number of thiazole rings is 1. The number of likely N-dealkylation sites (N-methyl/N-ethyl adjacent to an activating group) is 1. The van der Waals surface area contributed by atoms with Crippen molar-refractivity contribution in [3.05, 3.63) is 40.7 Å². The van der Waals surface area contributed by atoms with E-state index in [1.165, 1.54) is 18.4 Å². The molecular formula is C16H21N3O3S2. The highest BCUT2D eigenvalue weighted by Gasteiger charge is 2.15. The Bertz CT molecular complexity index is 968. The molecule has 2 rings (SSSR count). The fourth-order valence-electron chi connectivity index (χ4n) is 2.35. The summed E-state index contributed by atoms with van der Waals surface area (Å²) in [5, 5.41) is 0. The predicted octanol–water partition coefficient (Wildman–Crippen LogP) is 1.82. The standard InChI is InChI=1S/C16H21N3O3S2/c1-6-7-19-13-9-11(2)8-12(3)15(13)23-16(19)17-14(20)10-18(4)24(5,21)22/h6,8-9H,1,7,10H2,2-5H3. The van der Waals surface area contributed by atoms with Gasteiger partial charge in [-0.25, -0.2) is 8.42 Å². The Morgan fingerprint density at radius 2 is 2.08 bits per heavy atom. The van der Waals surface area contributed by atoms with Gasteiger partial charge in [0.15, 0.2) is 4.80 Å². The van der Waals surface area contributed by atoms with Crippen molar-refractivity contribution in [1.29, 1.82) is 0 Å². The van der Waals surface area contributed by atoms with Gasteiger partial charge in [0.1, 0.15) is 0 Å². The van der Waals surface area contributed by atoms with Crippen LogP contribution >= 0.6 is 11.3 Å². The van der Waals surface area contributed by atoms with Crippen molar-refractivity contribution in [2.45, 2.75) is 20.4 Å². The fourth-order valence-corrected chi connectivity index (χ4v) is 3.80. The lowest BCUT2D eigenvalue weighted by Gasteiger charge is -2.10. The lowest BCUT2D eigenvalue weighted by atomic mass is 10.1. The molecule has 0 saturated heterocycles. The lowest BCUT2D eigenvalue weighted by molar-refractivity contribution is -0.118. The topological polar surface area (TPSA) is 71.7 Å². The SMILES string of the molecule is C=CCn1c(=NC(=O)CN(C)S(C)(=O)=O)sc2c(C)cc(C)cc21. The zero-order valence-electron chi connectivity index (χ0n) is 14.2. The smallest absolute Gasteiger partial charge is 0.263 e. The van der Waals surface area contributed by atoms with E-state index in [-0.39, 0.29) is 6.54 Å². The molecule has 1 aromatic heterocycles. The Morgan fingerprint density at radius 3 is 2.67 bits per heavy atom. The number of aryl methyl sites for hydroxylation is 2. The first-order chi connectivity index (χ1) is 11.1. The number of fused-ring (bicyclic) bond motifs is 1. The Labute approximate surface area is 145 Å². The molecule has 0 spiro atoms. The van der Waals surface area contributed by atoms with Gasteiger partial charge in [0.25, 0.3) is 5.91 Å². The summed E-state index contributed by atoms with van der Waals surface area (Å²) in [7, 11) is -2.05. The van der Waals surface area contributed by atoms with Gasteiger partial charge in [0.05, 0.1) is 23.0 Å². The van der Waals surface area contributed by atoms with Crippen LogP contribution in [0.25, 0.3) is 10.2 Å². The van der Waals surface area contributed by atoms with Crippen molar-refractivity contribution in [2.75, 3.05) is 19.8 Å². The number of rotatable bonds is 5. The summed E-state index contributed by atoms with van der Waals surface area (Å²) in [5.41, 5.74) is 3.25. The average Bonchev–Trinajstić information content (AvgIpc) is 2.77. The third-order valence-corrected chi connectivity index (χ3v) is 6.06. The number of carbonyl (C=O) groups is 1. The van der Waals surface area contributed by atoms with Crippen LogP contribution in [-0.2, 0) is 21.4 Å². The maximum absolute atomic E-state index is 12.1. The van der Waals surface area contributed by atoms with Gasteiger partial charge in [0.2, 0.25) is 10.0 Å². The molecule has 0 fully saturated rings. The van der Waals surface area contributed by atoms with Crippen LogP contribution in [0.3, 0.4) is 0 Å². The van der Waals surface area contributed by atoms with Crippen LogP contribution in [0.4, 0.5) is 0 Å². The molecule has 8 heteroatoms. The van der Waals surface area contributed by atoms with Gasteiger partial charge in [-0.2, -0.15) is 9.30 Å². The first-order valence-corrected chi connectivity index (χ1v) is 10.0. The summed E-state index contributed by atoms with van der Waals surface area (Å²) in [5.74, 6) is -0.498. The summed E-state index contributed by atoms with van der Waals surface area (Å²) in [4.78, 5) is 16.8. The molecule has 0 unspecified atom stereocenters. The Hall–Kier alpha value is -1.77. The van der Waals surface area contributed by atoms with Crippen LogP contribution in [0.5, 0.6) is 0 Å². The Morgan fingerprint density at radius 1 is 1.42 bits per heavy atom. The summed E-state index contributed by atoms with van der Waals surface area (Å²) in [6.07, 6.45) is 2.81. The highest BCUT2D eigenvalue weighted by atomic mass is 32.2. The number of sulfonamides is 1. The van der Waals surface area contributed by atoms with E-state index in [1.807, 2.05) is 18.4 Å². The van der Waals surface area contributed by atoms with Crippen molar-refractivity contribution in [3.8, 4) is 0 Å². The van der Waals surface area contributed by atoms with Crippen LogP contribution in [0.1, 0.15) is 11.1 Å². The van der Waals surface area contributed by atoms with Crippen molar-refractivity contribution in [1.82, 2.24) is 8.87 Å². The van der Waals surface area contributed by atoms with Crippen molar-refractivity contribution < 1.29 is 13.2 Å². The number of allylic oxidation sites excluding steroid dienone is 1. The third kappa shape index (κ3) is 4.00. The van der Waals surface area contributed by atoms with Gasteiger partial charge in [-0.15, -0.1) is 6.58 Å². The first kappa shape index (κ1) is 18.6. The monoisotopic (exact) mass is 367 g/mol. The van der Waals surface area contributed by atoms with E-state index in [1.54, 1.807) is 6.08 Å². The van der Waals surface area contributed by atoms with Crippen molar-refractivity contribution in [3.63, 3.8) is 0 Å². The molecule has 0 radical (unpaired) electrons. The first-order valence-electron chi connectivity index (χ1n) is 7.34. The van der Waals surface area contributed by atoms with Crippen molar-refractivity contribution >= 4 is 37.5 Å². The predicted molar refractivity (Wildman–Crippen MR) is 97.5 cm³/mol. The van der Waals surface area contributed by atoms with Crippen molar-refractivity contribution in [2.24, 2.45) is 4.99 Å². The van der Waals surface area contributed by atoms with E-state index in [0.29, 0.717) is 11.3 Å². The van der Waals surface area contributed by atoms with E-state index in [0.717, 1.165) is 31.9 Å². The average molecular weight is 367 g/mol. The largest absolute Gasteiger partial charge is 0.312 e. The maximum Gasteiger partial charge on any atom is 0.263 e. The Balaban J connectivity index is 2.55. The number of nitrogens with zero attached hydrogens (tertiary/aromatic N) is 3. The van der Waals surface area contributed by atoms with E-state index in [9.17, 15) is 13.2 Å². The van der Waals surface area contributed by atoms with Gasteiger partial charge >= 0.3 is 0 Å².